The lowest BCUT2D eigenvalue weighted by Gasteiger charge is -2.22. The highest BCUT2D eigenvalue weighted by Gasteiger charge is 2.38. The van der Waals surface area contributed by atoms with Gasteiger partial charge in [-0.2, -0.15) is 0 Å². The van der Waals surface area contributed by atoms with Crippen molar-refractivity contribution >= 4 is 0 Å². The molecule has 0 aromatic heterocycles. The summed E-state index contributed by atoms with van der Waals surface area (Å²) < 4.78 is 0. The van der Waals surface area contributed by atoms with E-state index in [-0.39, 0.29) is 10.8 Å². The minimum Gasteiger partial charge on any atom is -0.0587 e. The molecular weight excluding hydrogens is 553 g/mol. The van der Waals surface area contributed by atoms with Crippen LogP contribution in [0.3, 0.4) is 0 Å². The minimum absolute atomic E-state index is 0.00662. The zero-order valence-corrected chi connectivity index (χ0v) is 28.4. The fourth-order valence-corrected chi connectivity index (χ4v) is 8.36. The summed E-state index contributed by atoms with van der Waals surface area (Å²) in [5.74, 6) is 0. The van der Waals surface area contributed by atoms with Gasteiger partial charge in [0, 0.05) is 10.8 Å². The molecule has 6 aromatic carbocycles. The maximum Gasteiger partial charge on any atom is 0.0159 e. The molecule has 2 aliphatic carbocycles. The Balaban J connectivity index is 1.16. The molecule has 0 amide bonds. The lowest BCUT2D eigenvalue weighted by atomic mass is 9.81. The van der Waals surface area contributed by atoms with E-state index < -0.39 is 0 Å². The van der Waals surface area contributed by atoms with Gasteiger partial charge in [0.25, 0.3) is 0 Å². The SMILES string of the molecule is Cc1ccc2c(c1)C(C)(C)c1cc(C)cc(-c3ccc(-c4ccc(-c5cc(C)cc6c5-c5ccc(C)cc5C6(C)C)cc4)cc3)c1-2. The molecule has 8 rings (SSSR count). The standard InChI is InChI=1S/C46H42/c1-27-9-19-35-39(23-27)45(5,6)41-25-29(3)21-37(43(35)41)33-15-11-31(12-16-33)32-13-17-34(18-14-32)38-22-30(4)26-42-44(38)36-20-10-28(2)24-40(36)46(42,7)8/h9-26H,1-8H3. The second-order valence-electron chi connectivity index (χ2n) is 15.0. The number of hydrogen-bond donors (Lipinski definition) is 0. The smallest absolute Gasteiger partial charge is 0.0159 e. The first-order chi connectivity index (χ1) is 21.9. The van der Waals surface area contributed by atoms with Crippen LogP contribution in [0.4, 0.5) is 0 Å². The van der Waals surface area contributed by atoms with Gasteiger partial charge in [0.2, 0.25) is 0 Å². The Bertz CT molecular complexity index is 2040. The molecule has 2 aliphatic rings. The van der Waals surface area contributed by atoms with Crippen molar-refractivity contribution < 1.29 is 0 Å². The molecule has 6 aromatic rings. The lowest BCUT2D eigenvalue weighted by molar-refractivity contribution is 0.659. The maximum absolute atomic E-state index is 2.40. The molecule has 226 valence electrons. The van der Waals surface area contributed by atoms with E-state index in [0.717, 1.165) is 0 Å². The Labute approximate surface area is 274 Å². The quantitative estimate of drug-likeness (QED) is 0.191. The zero-order chi connectivity index (χ0) is 32.1. The molecule has 46 heavy (non-hydrogen) atoms. The van der Waals surface area contributed by atoms with Gasteiger partial charge in [-0.25, -0.2) is 0 Å². The van der Waals surface area contributed by atoms with Crippen LogP contribution in [0.15, 0.2) is 109 Å². The Morgan fingerprint density at radius 1 is 0.304 bits per heavy atom. The van der Waals surface area contributed by atoms with Gasteiger partial charge in [-0.15, -0.1) is 0 Å². The Kier molecular flexibility index (Phi) is 6.20. The van der Waals surface area contributed by atoms with Crippen molar-refractivity contribution in [1.82, 2.24) is 0 Å². The molecule has 0 saturated carbocycles. The van der Waals surface area contributed by atoms with E-state index in [9.17, 15) is 0 Å². The summed E-state index contributed by atoms with van der Waals surface area (Å²) in [7, 11) is 0. The molecule has 0 saturated heterocycles. The van der Waals surface area contributed by atoms with Gasteiger partial charge in [-0.1, -0.05) is 159 Å². The second kappa shape index (κ2) is 9.91. The van der Waals surface area contributed by atoms with E-state index in [1.54, 1.807) is 0 Å². The van der Waals surface area contributed by atoms with Crippen molar-refractivity contribution in [2.45, 2.75) is 66.2 Å². The third kappa shape index (κ3) is 4.19. The number of fused-ring (bicyclic) bond motifs is 6. The van der Waals surface area contributed by atoms with Crippen molar-refractivity contribution in [3.8, 4) is 55.6 Å². The number of hydrogen-bond acceptors (Lipinski definition) is 0. The normalized spacial score (nSPS) is 14.9. The van der Waals surface area contributed by atoms with Crippen LogP contribution in [0.1, 0.15) is 72.2 Å². The molecule has 0 bridgehead atoms. The third-order valence-electron chi connectivity index (χ3n) is 10.9. The van der Waals surface area contributed by atoms with E-state index in [2.05, 4.69) is 165 Å². The third-order valence-corrected chi connectivity index (χ3v) is 10.9. The first-order valence-electron chi connectivity index (χ1n) is 16.7. The van der Waals surface area contributed by atoms with Gasteiger partial charge in [-0.05, 0) is 106 Å². The average molecular weight is 595 g/mol. The predicted octanol–water partition coefficient (Wildman–Crippen LogP) is 12.5. The van der Waals surface area contributed by atoms with Crippen molar-refractivity contribution in [2.75, 3.05) is 0 Å². The van der Waals surface area contributed by atoms with E-state index >= 15 is 0 Å². The number of rotatable bonds is 3. The Morgan fingerprint density at radius 3 is 1.00 bits per heavy atom. The van der Waals surface area contributed by atoms with Crippen LogP contribution >= 0.6 is 0 Å². The first-order valence-corrected chi connectivity index (χ1v) is 16.7. The van der Waals surface area contributed by atoms with Crippen LogP contribution in [-0.4, -0.2) is 0 Å². The van der Waals surface area contributed by atoms with Crippen LogP contribution in [-0.2, 0) is 10.8 Å². The molecule has 0 nitrogen and oxygen atoms in total. The summed E-state index contributed by atoms with van der Waals surface area (Å²) in [4.78, 5) is 0. The Hall–Kier alpha value is -4.68. The molecule has 0 N–H and O–H groups in total. The van der Waals surface area contributed by atoms with E-state index in [1.165, 1.54) is 100 Å². The van der Waals surface area contributed by atoms with Gasteiger partial charge in [0.15, 0.2) is 0 Å². The zero-order valence-electron chi connectivity index (χ0n) is 28.4. The Morgan fingerprint density at radius 2 is 0.630 bits per heavy atom. The molecule has 0 aliphatic heterocycles. The van der Waals surface area contributed by atoms with Gasteiger partial charge in [0.1, 0.15) is 0 Å². The average Bonchev–Trinajstić information content (AvgIpc) is 3.39. The summed E-state index contributed by atoms with van der Waals surface area (Å²) in [5.41, 5.74) is 24.3. The summed E-state index contributed by atoms with van der Waals surface area (Å²) >= 11 is 0. The van der Waals surface area contributed by atoms with Gasteiger partial charge >= 0.3 is 0 Å². The number of aryl methyl sites for hydroxylation is 4. The van der Waals surface area contributed by atoms with E-state index in [0.29, 0.717) is 0 Å². The first kappa shape index (κ1) is 28.8. The molecule has 0 unspecified atom stereocenters. The van der Waals surface area contributed by atoms with E-state index in [4.69, 9.17) is 0 Å². The van der Waals surface area contributed by atoms with Crippen molar-refractivity contribution in [3.63, 3.8) is 0 Å². The molecule has 0 heterocycles. The summed E-state index contributed by atoms with van der Waals surface area (Å²) in [6.07, 6.45) is 0. The highest BCUT2D eigenvalue weighted by atomic mass is 14.4. The molecule has 0 atom stereocenters. The van der Waals surface area contributed by atoms with Crippen LogP contribution in [0.5, 0.6) is 0 Å². The van der Waals surface area contributed by atoms with Crippen LogP contribution in [0, 0.1) is 27.7 Å². The maximum atomic E-state index is 2.40. The summed E-state index contributed by atoms with van der Waals surface area (Å²) in [6, 6.07) is 41.9. The van der Waals surface area contributed by atoms with Gasteiger partial charge in [-0.3, -0.25) is 0 Å². The lowest BCUT2D eigenvalue weighted by Crippen LogP contribution is -2.15. The molecule has 0 spiro atoms. The highest BCUT2D eigenvalue weighted by molar-refractivity contribution is 5.95. The van der Waals surface area contributed by atoms with E-state index in [1.807, 2.05) is 0 Å². The highest BCUT2D eigenvalue weighted by Crippen LogP contribution is 2.54. The summed E-state index contributed by atoms with van der Waals surface area (Å²) in [6.45, 7) is 18.4. The van der Waals surface area contributed by atoms with Crippen LogP contribution < -0.4 is 0 Å². The number of benzene rings is 6. The second-order valence-corrected chi connectivity index (χ2v) is 15.0. The fourth-order valence-electron chi connectivity index (χ4n) is 8.36. The van der Waals surface area contributed by atoms with Crippen LogP contribution in [0.25, 0.3) is 55.6 Å². The minimum atomic E-state index is -0.00662. The fraction of sp³-hybridized carbons (Fsp3) is 0.217. The topological polar surface area (TPSA) is 0 Å². The molecule has 0 heteroatoms. The summed E-state index contributed by atoms with van der Waals surface area (Å²) in [5, 5.41) is 0. The molecular formula is C46H42. The van der Waals surface area contributed by atoms with Crippen molar-refractivity contribution in [1.29, 1.82) is 0 Å². The molecule has 0 radical (unpaired) electrons. The molecule has 0 fully saturated rings. The van der Waals surface area contributed by atoms with Crippen molar-refractivity contribution in [3.05, 3.63) is 154 Å². The monoisotopic (exact) mass is 594 g/mol. The predicted molar refractivity (Wildman–Crippen MR) is 197 cm³/mol. The van der Waals surface area contributed by atoms with Crippen molar-refractivity contribution in [2.24, 2.45) is 0 Å². The van der Waals surface area contributed by atoms with Gasteiger partial charge < -0.3 is 0 Å². The van der Waals surface area contributed by atoms with Crippen LogP contribution in [0.2, 0.25) is 0 Å². The van der Waals surface area contributed by atoms with Gasteiger partial charge in [0.05, 0.1) is 0 Å². The largest absolute Gasteiger partial charge is 0.0587 e.